The maximum atomic E-state index is 13.2. The predicted octanol–water partition coefficient (Wildman–Crippen LogP) is 4.44. The van der Waals surface area contributed by atoms with Crippen LogP contribution in [0.25, 0.3) is 0 Å². The van der Waals surface area contributed by atoms with Gasteiger partial charge in [0.2, 0.25) is 0 Å². The summed E-state index contributed by atoms with van der Waals surface area (Å²) >= 11 is 8.49. The second-order valence-corrected chi connectivity index (χ2v) is 7.85. The number of amides is 1. The minimum atomic E-state index is -4.51. The summed E-state index contributed by atoms with van der Waals surface area (Å²) in [6, 6.07) is 8.10. The Hall–Kier alpha value is -2.37. The highest BCUT2D eigenvalue weighted by molar-refractivity contribution is 9.10. The van der Waals surface area contributed by atoms with Crippen LogP contribution < -0.4 is 20.3 Å². The number of carbonyl (C=O) groups excluding carboxylic acids is 1. The molecule has 2 aromatic rings. The van der Waals surface area contributed by atoms with E-state index in [0.717, 1.165) is 12.1 Å². The molecule has 0 aliphatic carbocycles. The van der Waals surface area contributed by atoms with E-state index in [1.54, 1.807) is 18.2 Å². The van der Waals surface area contributed by atoms with Crippen LogP contribution in [0.1, 0.15) is 15.9 Å². The van der Waals surface area contributed by atoms with Gasteiger partial charge in [-0.2, -0.15) is 13.2 Å². The number of hydrogen-bond acceptors (Lipinski definition) is 5. The van der Waals surface area contributed by atoms with E-state index in [1.807, 2.05) is 4.90 Å². The van der Waals surface area contributed by atoms with Crippen molar-refractivity contribution in [2.75, 3.05) is 43.6 Å². The summed E-state index contributed by atoms with van der Waals surface area (Å²) in [4.78, 5) is 14.4. The number of rotatable bonds is 4. The van der Waals surface area contributed by atoms with Crippen LogP contribution in [0, 0.1) is 0 Å². The summed E-state index contributed by atoms with van der Waals surface area (Å²) < 4.78 is 50.7. The molecule has 1 aliphatic heterocycles. The lowest BCUT2D eigenvalue weighted by atomic mass is 10.1. The van der Waals surface area contributed by atoms with Crippen LogP contribution in [0.2, 0.25) is 0 Å². The Kier molecular flexibility index (Phi) is 7.39. The number of anilines is 2. The van der Waals surface area contributed by atoms with Gasteiger partial charge in [0, 0.05) is 18.7 Å². The number of ether oxygens (including phenoxy) is 2. The van der Waals surface area contributed by atoms with E-state index in [4.69, 9.17) is 21.7 Å². The monoisotopic (exact) mass is 517 g/mol. The minimum Gasteiger partial charge on any atom is -0.496 e. The molecule has 6 nitrogen and oxygen atoms in total. The number of carbonyl (C=O) groups is 1. The average Bonchev–Trinajstić information content (AvgIpc) is 2.73. The van der Waals surface area contributed by atoms with Crippen LogP contribution >= 0.6 is 28.1 Å². The standard InChI is InChI=1S/C20H19BrF3N3O3S/c1-29-17-5-2-12(10-14(17)21)18(28)26-19(31)25-15-11-13(20(22,23)24)3-4-16(15)27-6-8-30-9-7-27/h2-5,10-11H,6-9H2,1H3,(H2,25,26,28,31). The number of halogens is 4. The fourth-order valence-electron chi connectivity index (χ4n) is 3.03. The van der Waals surface area contributed by atoms with E-state index < -0.39 is 17.6 Å². The molecule has 1 aliphatic rings. The van der Waals surface area contributed by atoms with E-state index in [-0.39, 0.29) is 10.8 Å². The van der Waals surface area contributed by atoms with Crippen molar-refractivity contribution in [1.29, 1.82) is 0 Å². The third-order valence-electron chi connectivity index (χ3n) is 4.56. The Morgan fingerprint density at radius 1 is 1.19 bits per heavy atom. The molecule has 0 atom stereocenters. The molecule has 2 aromatic carbocycles. The van der Waals surface area contributed by atoms with E-state index >= 15 is 0 Å². The molecule has 2 N–H and O–H groups in total. The predicted molar refractivity (Wildman–Crippen MR) is 119 cm³/mol. The summed E-state index contributed by atoms with van der Waals surface area (Å²) in [5.74, 6) is 0.0390. The maximum absolute atomic E-state index is 13.2. The number of hydrogen-bond donors (Lipinski definition) is 2. The summed E-state index contributed by atoms with van der Waals surface area (Å²) in [6.45, 7) is 1.99. The lowest BCUT2D eigenvalue weighted by molar-refractivity contribution is -0.137. The molecule has 1 saturated heterocycles. The zero-order valence-electron chi connectivity index (χ0n) is 16.4. The van der Waals surface area contributed by atoms with Gasteiger partial charge in [-0.25, -0.2) is 0 Å². The highest BCUT2D eigenvalue weighted by atomic mass is 79.9. The summed E-state index contributed by atoms with van der Waals surface area (Å²) in [5.41, 5.74) is 0.174. The zero-order chi connectivity index (χ0) is 22.6. The zero-order valence-corrected chi connectivity index (χ0v) is 18.8. The van der Waals surface area contributed by atoms with Crippen LogP contribution in [0.15, 0.2) is 40.9 Å². The molecule has 0 saturated carbocycles. The minimum absolute atomic E-state index is 0.120. The van der Waals surface area contributed by atoms with Gasteiger partial charge in [-0.1, -0.05) is 0 Å². The fourth-order valence-corrected chi connectivity index (χ4v) is 3.77. The molecule has 11 heteroatoms. The number of morpholine rings is 1. The Bertz CT molecular complexity index is 982. The fraction of sp³-hybridized carbons (Fsp3) is 0.300. The number of nitrogens with zero attached hydrogens (tertiary/aromatic N) is 1. The quantitative estimate of drug-likeness (QED) is 0.584. The van der Waals surface area contributed by atoms with Gasteiger partial charge in [0.1, 0.15) is 5.75 Å². The van der Waals surface area contributed by atoms with Crippen molar-refractivity contribution < 1.29 is 27.4 Å². The molecule has 0 unspecified atom stereocenters. The molecule has 1 heterocycles. The lowest BCUT2D eigenvalue weighted by Crippen LogP contribution is -2.38. The van der Waals surface area contributed by atoms with Gasteiger partial charge in [0.05, 0.1) is 41.7 Å². The highest BCUT2D eigenvalue weighted by Crippen LogP contribution is 2.35. The number of thiocarbonyl (C=S) groups is 1. The van der Waals surface area contributed by atoms with Crippen molar-refractivity contribution >= 4 is 50.5 Å². The van der Waals surface area contributed by atoms with Crippen molar-refractivity contribution in [2.45, 2.75) is 6.18 Å². The van der Waals surface area contributed by atoms with Gasteiger partial charge in [0.15, 0.2) is 5.11 Å². The number of methoxy groups -OCH3 is 1. The number of nitrogens with one attached hydrogen (secondary N) is 2. The number of alkyl halides is 3. The Morgan fingerprint density at radius 3 is 2.52 bits per heavy atom. The largest absolute Gasteiger partial charge is 0.496 e. The summed E-state index contributed by atoms with van der Waals surface area (Å²) in [6.07, 6.45) is -4.51. The van der Waals surface area contributed by atoms with Crippen LogP contribution in [0.4, 0.5) is 24.5 Å². The van der Waals surface area contributed by atoms with Crippen molar-refractivity contribution in [3.05, 3.63) is 52.0 Å². The topological polar surface area (TPSA) is 62.8 Å². The van der Waals surface area contributed by atoms with Crippen molar-refractivity contribution in [3.63, 3.8) is 0 Å². The first-order valence-corrected chi connectivity index (χ1v) is 10.4. The van der Waals surface area contributed by atoms with Gasteiger partial charge in [-0.05, 0) is 64.5 Å². The maximum Gasteiger partial charge on any atom is 0.416 e. The molecule has 0 aromatic heterocycles. The second kappa shape index (κ2) is 9.84. The Morgan fingerprint density at radius 2 is 1.90 bits per heavy atom. The van der Waals surface area contributed by atoms with Gasteiger partial charge in [0.25, 0.3) is 5.91 Å². The van der Waals surface area contributed by atoms with Gasteiger partial charge in [-0.15, -0.1) is 0 Å². The van der Waals surface area contributed by atoms with Crippen LogP contribution in [0.3, 0.4) is 0 Å². The molecule has 0 spiro atoms. The Labute approximate surface area is 190 Å². The third kappa shape index (κ3) is 5.86. The lowest BCUT2D eigenvalue weighted by Gasteiger charge is -2.31. The molecule has 3 rings (SSSR count). The van der Waals surface area contributed by atoms with Crippen molar-refractivity contribution in [3.8, 4) is 5.75 Å². The molecule has 0 radical (unpaired) electrons. The molecule has 166 valence electrons. The summed E-state index contributed by atoms with van der Waals surface area (Å²) in [7, 11) is 1.50. The SMILES string of the molecule is COc1ccc(C(=O)NC(=S)Nc2cc(C(F)(F)F)ccc2N2CCOCC2)cc1Br. The van der Waals surface area contributed by atoms with Crippen molar-refractivity contribution in [2.24, 2.45) is 0 Å². The van der Waals surface area contributed by atoms with E-state index in [2.05, 4.69) is 26.6 Å². The first-order chi connectivity index (χ1) is 14.7. The normalized spacial score (nSPS) is 14.2. The van der Waals surface area contributed by atoms with Crippen LogP contribution in [-0.4, -0.2) is 44.4 Å². The first kappa shape index (κ1) is 23.3. The summed E-state index contributed by atoms with van der Waals surface area (Å²) in [5, 5.41) is 5.11. The van der Waals surface area contributed by atoms with Gasteiger partial charge >= 0.3 is 6.18 Å². The average molecular weight is 518 g/mol. The second-order valence-electron chi connectivity index (χ2n) is 6.59. The van der Waals surface area contributed by atoms with Crippen LogP contribution in [-0.2, 0) is 10.9 Å². The van der Waals surface area contributed by atoms with Crippen LogP contribution in [0.5, 0.6) is 5.75 Å². The first-order valence-electron chi connectivity index (χ1n) is 9.19. The number of benzene rings is 2. The van der Waals surface area contributed by atoms with Crippen molar-refractivity contribution in [1.82, 2.24) is 5.32 Å². The molecule has 31 heavy (non-hydrogen) atoms. The molecule has 1 amide bonds. The Balaban J connectivity index is 1.80. The highest BCUT2D eigenvalue weighted by Gasteiger charge is 2.31. The van der Waals surface area contributed by atoms with Gasteiger partial charge < -0.3 is 19.7 Å². The smallest absolute Gasteiger partial charge is 0.416 e. The third-order valence-corrected chi connectivity index (χ3v) is 5.39. The molecule has 0 bridgehead atoms. The van der Waals surface area contributed by atoms with E-state index in [9.17, 15) is 18.0 Å². The van der Waals surface area contributed by atoms with E-state index in [0.29, 0.717) is 47.8 Å². The molecular formula is C20H19BrF3N3O3S. The van der Waals surface area contributed by atoms with Gasteiger partial charge in [-0.3, -0.25) is 10.1 Å². The molecule has 1 fully saturated rings. The van der Waals surface area contributed by atoms with E-state index in [1.165, 1.54) is 13.2 Å². The molecular weight excluding hydrogens is 499 g/mol.